The maximum atomic E-state index is 11.9. The first kappa shape index (κ1) is 12.9. The Morgan fingerprint density at radius 2 is 1.59 bits per heavy atom. The van der Waals surface area contributed by atoms with Crippen LogP contribution in [0, 0.1) is 5.92 Å². The van der Waals surface area contributed by atoms with Gasteiger partial charge in [-0.3, -0.25) is 4.79 Å². The Balaban J connectivity index is 1.79. The first-order valence-corrected chi connectivity index (χ1v) is 7.21. The molecule has 2 saturated heterocycles. The predicted octanol–water partition coefficient (Wildman–Crippen LogP) is 2.12. The van der Waals surface area contributed by atoms with E-state index >= 15 is 0 Å². The molecule has 3 heteroatoms. The molecule has 0 aromatic carbocycles. The Morgan fingerprint density at radius 3 is 2.12 bits per heavy atom. The largest absolute Gasteiger partial charge is 0.342 e. The second-order valence-corrected chi connectivity index (χ2v) is 5.81. The Hall–Kier alpha value is -0.570. The number of likely N-dealkylation sites (tertiary alicyclic amines) is 2. The fourth-order valence-corrected chi connectivity index (χ4v) is 3.10. The van der Waals surface area contributed by atoms with Crippen LogP contribution in [0.25, 0.3) is 0 Å². The summed E-state index contributed by atoms with van der Waals surface area (Å²) in [5.41, 5.74) is 0. The Morgan fingerprint density at radius 1 is 1.00 bits per heavy atom. The molecule has 0 radical (unpaired) electrons. The summed E-state index contributed by atoms with van der Waals surface area (Å²) < 4.78 is 0. The molecule has 0 aliphatic carbocycles. The normalized spacial score (nSPS) is 24.3. The molecule has 0 spiro atoms. The number of hydrogen-bond donors (Lipinski definition) is 0. The van der Waals surface area contributed by atoms with Gasteiger partial charge in [-0.05, 0) is 38.8 Å². The standard InChI is InChI=1S/C14H26N2O/c1-12(2)14(17)16-10-6-13(7-11-16)15-8-4-3-5-9-15/h12-13H,3-11H2,1-2H3. The molecule has 0 aromatic rings. The first-order chi connectivity index (χ1) is 8.18. The number of rotatable bonds is 2. The molecule has 0 saturated carbocycles. The monoisotopic (exact) mass is 238 g/mol. The average Bonchev–Trinajstić information content (AvgIpc) is 2.39. The van der Waals surface area contributed by atoms with E-state index in [0.29, 0.717) is 5.91 Å². The lowest BCUT2D eigenvalue weighted by Crippen LogP contribution is -2.48. The number of carbonyl (C=O) groups excluding carboxylic acids is 1. The molecule has 1 amide bonds. The lowest BCUT2D eigenvalue weighted by atomic mass is 9.99. The van der Waals surface area contributed by atoms with Crippen LogP contribution in [0.3, 0.4) is 0 Å². The van der Waals surface area contributed by atoms with E-state index in [1.807, 2.05) is 13.8 Å². The summed E-state index contributed by atoms with van der Waals surface area (Å²) in [5, 5.41) is 0. The lowest BCUT2D eigenvalue weighted by molar-refractivity contribution is -0.136. The summed E-state index contributed by atoms with van der Waals surface area (Å²) in [7, 11) is 0. The summed E-state index contributed by atoms with van der Waals surface area (Å²) in [5.74, 6) is 0.489. The van der Waals surface area contributed by atoms with Gasteiger partial charge in [-0.25, -0.2) is 0 Å². The zero-order valence-electron chi connectivity index (χ0n) is 11.3. The van der Waals surface area contributed by atoms with Crippen molar-refractivity contribution in [1.82, 2.24) is 9.80 Å². The van der Waals surface area contributed by atoms with E-state index in [4.69, 9.17) is 0 Å². The van der Waals surface area contributed by atoms with Crippen molar-refractivity contribution in [3.05, 3.63) is 0 Å². The maximum absolute atomic E-state index is 11.9. The van der Waals surface area contributed by atoms with E-state index in [1.54, 1.807) is 0 Å². The predicted molar refractivity (Wildman–Crippen MR) is 69.9 cm³/mol. The van der Waals surface area contributed by atoms with Crippen LogP contribution in [0.5, 0.6) is 0 Å². The summed E-state index contributed by atoms with van der Waals surface area (Å²) in [6.45, 7) is 8.50. The highest BCUT2D eigenvalue weighted by molar-refractivity contribution is 5.78. The Bertz CT molecular complexity index is 251. The van der Waals surface area contributed by atoms with Gasteiger partial charge in [-0.15, -0.1) is 0 Å². The molecule has 3 nitrogen and oxygen atoms in total. The van der Waals surface area contributed by atoms with Crippen LogP contribution in [0.1, 0.15) is 46.0 Å². The van der Waals surface area contributed by atoms with Crippen molar-refractivity contribution in [3.8, 4) is 0 Å². The fourth-order valence-electron chi connectivity index (χ4n) is 3.10. The molecule has 0 aromatic heterocycles. The van der Waals surface area contributed by atoms with Crippen molar-refractivity contribution in [2.45, 2.75) is 52.0 Å². The molecule has 0 atom stereocenters. The van der Waals surface area contributed by atoms with E-state index in [1.165, 1.54) is 45.2 Å². The highest BCUT2D eigenvalue weighted by Gasteiger charge is 2.28. The summed E-state index contributed by atoms with van der Waals surface area (Å²) >= 11 is 0. The highest BCUT2D eigenvalue weighted by Crippen LogP contribution is 2.21. The van der Waals surface area contributed by atoms with Crippen LogP contribution in [-0.2, 0) is 4.79 Å². The molecule has 2 heterocycles. The van der Waals surface area contributed by atoms with Crippen molar-refractivity contribution in [2.24, 2.45) is 5.92 Å². The van der Waals surface area contributed by atoms with Crippen LogP contribution in [0.15, 0.2) is 0 Å². The number of hydrogen-bond acceptors (Lipinski definition) is 2. The minimum Gasteiger partial charge on any atom is -0.342 e. The van der Waals surface area contributed by atoms with Gasteiger partial charge in [0.15, 0.2) is 0 Å². The molecule has 17 heavy (non-hydrogen) atoms. The van der Waals surface area contributed by atoms with Gasteiger partial charge in [-0.2, -0.15) is 0 Å². The maximum Gasteiger partial charge on any atom is 0.225 e. The third-order valence-electron chi connectivity index (χ3n) is 4.18. The summed E-state index contributed by atoms with van der Waals surface area (Å²) in [4.78, 5) is 16.6. The quantitative estimate of drug-likeness (QED) is 0.735. The Kier molecular flexibility index (Phi) is 4.43. The average molecular weight is 238 g/mol. The molecule has 2 aliphatic heterocycles. The molecule has 0 bridgehead atoms. The van der Waals surface area contributed by atoms with Gasteiger partial charge in [0.05, 0.1) is 0 Å². The fraction of sp³-hybridized carbons (Fsp3) is 0.929. The van der Waals surface area contributed by atoms with E-state index in [9.17, 15) is 4.79 Å². The van der Waals surface area contributed by atoms with E-state index in [-0.39, 0.29) is 5.92 Å². The molecular formula is C14H26N2O. The van der Waals surface area contributed by atoms with Crippen molar-refractivity contribution in [3.63, 3.8) is 0 Å². The van der Waals surface area contributed by atoms with E-state index in [0.717, 1.165) is 19.1 Å². The second kappa shape index (κ2) is 5.85. The third-order valence-corrected chi connectivity index (χ3v) is 4.18. The molecular weight excluding hydrogens is 212 g/mol. The van der Waals surface area contributed by atoms with Gasteiger partial charge < -0.3 is 9.80 Å². The first-order valence-electron chi connectivity index (χ1n) is 7.21. The topological polar surface area (TPSA) is 23.6 Å². The molecule has 2 aliphatic rings. The zero-order chi connectivity index (χ0) is 12.3. The van der Waals surface area contributed by atoms with Crippen LogP contribution in [-0.4, -0.2) is 47.9 Å². The van der Waals surface area contributed by atoms with Gasteiger partial charge in [0.2, 0.25) is 5.91 Å². The molecule has 2 rings (SSSR count). The van der Waals surface area contributed by atoms with Crippen LogP contribution in [0.4, 0.5) is 0 Å². The third kappa shape index (κ3) is 3.21. The van der Waals surface area contributed by atoms with Gasteiger partial charge >= 0.3 is 0 Å². The molecule has 2 fully saturated rings. The van der Waals surface area contributed by atoms with Gasteiger partial charge in [-0.1, -0.05) is 20.3 Å². The minimum atomic E-state index is 0.154. The van der Waals surface area contributed by atoms with Gasteiger partial charge in [0.25, 0.3) is 0 Å². The summed E-state index contributed by atoms with van der Waals surface area (Å²) in [6, 6.07) is 0.742. The zero-order valence-corrected chi connectivity index (χ0v) is 11.3. The summed E-state index contributed by atoms with van der Waals surface area (Å²) in [6.07, 6.45) is 6.49. The van der Waals surface area contributed by atoms with Crippen molar-refractivity contribution >= 4 is 5.91 Å². The van der Waals surface area contributed by atoms with E-state index in [2.05, 4.69) is 9.80 Å². The number of amides is 1. The van der Waals surface area contributed by atoms with Crippen molar-refractivity contribution < 1.29 is 4.79 Å². The highest BCUT2D eigenvalue weighted by atomic mass is 16.2. The SMILES string of the molecule is CC(C)C(=O)N1CCC(N2CCCCC2)CC1. The van der Waals surface area contributed by atoms with Crippen LogP contribution in [0.2, 0.25) is 0 Å². The van der Waals surface area contributed by atoms with Crippen LogP contribution < -0.4 is 0 Å². The molecule has 0 unspecified atom stereocenters. The lowest BCUT2D eigenvalue weighted by Gasteiger charge is -2.40. The number of piperidine rings is 2. The Labute approximate surface area is 105 Å². The van der Waals surface area contributed by atoms with Crippen LogP contribution >= 0.6 is 0 Å². The number of nitrogens with zero attached hydrogens (tertiary/aromatic N) is 2. The molecule has 98 valence electrons. The number of carbonyl (C=O) groups is 1. The van der Waals surface area contributed by atoms with Gasteiger partial charge in [0, 0.05) is 25.0 Å². The molecule has 0 N–H and O–H groups in total. The second-order valence-electron chi connectivity index (χ2n) is 5.81. The van der Waals surface area contributed by atoms with Crippen molar-refractivity contribution in [2.75, 3.05) is 26.2 Å². The minimum absolute atomic E-state index is 0.154. The van der Waals surface area contributed by atoms with Gasteiger partial charge in [0.1, 0.15) is 0 Å². The van der Waals surface area contributed by atoms with E-state index < -0.39 is 0 Å². The van der Waals surface area contributed by atoms with Crippen molar-refractivity contribution in [1.29, 1.82) is 0 Å². The smallest absolute Gasteiger partial charge is 0.225 e.